The first kappa shape index (κ1) is 12.6. The van der Waals surface area contributed by atoms with E-state index in [0.29, 0.717) is 10.8 Å². The van der Waals surface area contributed by atoms with E-state index in [1.54, 1.807) is 12.1 Å². The molecule has 82 valence electrons. The van der Waals surface area contributed by atoms with E-state index in [-0.39, 0.29) is 10.7 Å². The molecule has 6 heteroatoms. The third-order valence-corrected chi connectivity index (χ3v) is 3.37. The minimum atomic E-state index is -0.453. The number of hydrogen-bond donors (Lipinski definition) is 0. The van der Waals surface area contributed by atoms with Gasteiger partial charge in [0.2, 0.25) is 0 Å². The van der Waals surface area contributed by atoms with Crippen LogP contribution in [0.1, 0.15) is 6.42 Å². The Kier molecular flexibility index (Phi) is 5.22. The molecule has 0 aliphatic heterocycles. The largest absolute Gasteiger partial charge is 0.301 e. The molecule has 0 aliphatic rings. The molecule has 0 atom stereocenters. The van der Waals surface area contributed by atoms with Crippen LogP contribution in [-0.4, -0.2) is 16.6 Å². The van der Waals surface area contributed by atoms with E-state index < -0.39 is 4.92 Å². The molecular weight excluding hydrogens is 257 g/mol. The van der Waals surface area contributed by atoms with Crippen LogP contribution in [-0.2, 0) is 0 Å². The molecule has 0 heterocycles. The first-order valence-corrected chi connectivity index (χ1v) is 6.18. The fourth-order valence-corrected chi connectivity index (χ4v) is 2.62. The molecule has 0 aliphatic carbocycles. The number of benzene rings is 1. The Morgan fingerprint density at radius 2 is 2.20 bits per heavy atom. The summed E-state index contributed by atoms with van der Waals surface area (Å²) in [6, 6.07) is 4.92. The van der Waals surface area contributed by atoms with Gasteiger partial charge in [0.15, 0.2) is 0 Å². The van der Waals surface area contributed by atoms with Crippen molar-refractivity contribution < 1.29 is 4.92 Å². The van der Waals surface area contributed by atoms with Crippen LogP contribution in [0.25, 0.3) is 0 Å². The molecule has 0 radical (unpaired) electrons. The Hall–Kier alpha value is -0.450. The molecule has 0 saturated heterocycles. The van der Waals surface area contributed by atoms with E-state index in [1.807, 2.05) is 0 Å². The van der Waals surface area contributed by atoms with Crippen LogP contribution < -0.4 is 0 Å². The second-order valence-electron chi connectivity index (χ2n) is 2.73. The summed E-state index contributed by atoms with van der Waals surface area (Å²) < 4.78 is 0. The predicted octanol–water partition coefficient (Wildman–Crippen LogP) is 3.97. The predicted molar refractivity (Wildman–Crippen MR) is 64.2 cm³/mol. The van der Waals surface area contributed by atoms with Crippen molar-refractivity contribution in [3.05, 3.63) is 33.3 Å². The Bertz CT molecular complexity index is 360. The van der Waals surface area contributed by atoms with Gasteiger partial charge in [0.25, 0.3) is 0 Å². The van der Waals surface area contributed by atoms with Crippen LogP contribution in [0.5, 0.6) is 0 Å². The maximum Gasteiger partial charge on any atom is 0.301 e. The zero-order valence-corrected chi connectivity index (χ0v) is 10.1. The fourth-order valence-electron chi connectivity index (χ4n) is 1.03. The topological polar surface area (TPSA) is 43.1 Å². The van der Waals surface area contributed by atoms with Crippen LogP contribution in [0.2, 0.25) is 5.02 Å². The summed E-state index contributed by atoms with van der Waals surface area (Å²) in [7, 11) is 0. The normalized spacial score (nSPS) is 10.3. The van der Waals surface area contributed by atoms with Crippen molar-refractivity contribution in [2.24, 2.45) is 0 Å². The molecule has 1 aromatic carbocycles. The molecule has 0 fully saturated rings. The Morgan fingerprint density at radius 1 is 1.47 bits per heavy atom. The molecule has 0 amide bonds. The van der Waals surface area contributed by atoms with Gasteiger partial charge >= 0.3 is 5.69 Å². The number of alkyl halides is 1. The molecule has 15 heavy (non-hydrogen) atoms. The first-order valence-electron chi connectivity index (χ1n) is 4.28. The number of thioether (sulfide) groups is 1. The zero-order chi connectivity index (χ0) is 11.3. The van der Waals surface area contributed by atoms with Crippen LogP contribution >= 0.6 is 35.0 Å². The zero-order valence-electron chi connectivity index (χ0n) is 7.78. The lowest BCUT2D eigenvalue weighted by Crippen LogP contribution is -1.92. The highest BCUT2D eigenvalue weighted by molar-refractivity contribution is 7.99. The Balaban J connectivity index is 2.86. The lowest BCUT2D eigenvalue weighted by Gasteiger charge is -2.02. The SMILES string of the molecule is O=[N+]([O-])c1c(Cl)cccc1SCCCCl. The number of hydrogen-bond acceptors (Lipinski definition) is 3. The molecule has 0 N–H and O–H groups in total. The maximum absolute atomic E-state index is 10.8. The number of para-hydroxylation sites is 1. The molecule has 0 spiro atoms. The van der Waals surface area contributed by atoms with Crippen LogP contribution in [0.3, 0.4) is 0 Å². The van der Waals surface area contributed by atoms with Crippen molar-refractivity contribution in [3.63, 3.8) is 0 Å². The highest BCUT2D eigenvalue weighted by Gasteiger charge is 2.17. The Morgan fingerprint density at radius 3 is 2.80 bits per heavy atom. The van der Waals surface area contributed by atoms with Crippen LogP contribution in [0, 0.1) is 10.1 Å². The van der Waals surface area contributed by atoms with E-state index in [0.717, 1.165) is 12.2 Å². The van der Waals surface area contributed by atoms with Gasteiger partial charge in [-0.2, -0.15) is 0 Å². The lowest BCUT2D eigenvalue weighted by atomic mass is 10.3. The van der Waals surface area contributed by atoms with Crippen molar-refractivity contribution in [1.29, 1.82) is 0 Å². The standard InChI is InChI=1S/C9H9Cl2NO2S/c10-5-2-6-15-8-4-1-3-7(11)9(8)12(13)14/h1,3-4H,2,5-6H2. The number of halogens is 2. The van der Waals surface area contributed by atoms with Crippen molar-refractivity contribution in [1.82, 2.24) is 0 Å². The van der Waals surface area contributed by atoms with E-state index >= 15 is 0 Å². The van der Waals surface area contributed by atoms with Crippen molar-refractivity contribution in [2.75, 3.05) is 11.6 Å². The number of rotatable bonds is 5. The molecule has 3 nitrogen and oxygen atoms in total. The van der Waals surface area contributed by atoms with Gasteiger partial charge in [0, 0.05) is 5.88 Å². The van der Waals surface area contributed by atoms with E-state index in [2.05, 4.69) is 0 Å². The monoisotopic (exact) mass is 265 g/mol. The molecule has 1 aromatic rings. The van der Waals surface area contributed by atoms with E-state index in [9.17, 15) is 10.1 Å². The van der Waals surface area contributed by atoms with Gasteiger partial charge in [-0.15, -0.1) is 23.4 Å². The van der Waals surface area contributed by atoms with Gasteiger partial charge in [0.1, 0.15) is 5.02 Å². The second-order valence-corrected chi connectivity index (χ2v) is 4.66. The number of nitro groups is 1. The first-order chi connectivity index (χ1) is 7.16. The van der Waals surface area contributed by atoms with Gasteiger partial charge in [-0.25, -0.2) is 0 Å². The summed E-state index contributed by atoms with van der Waals surface area (Å²) >= 11 is 12.7. The minimum absolute atomic E-state index is 0.0151. The third kappa shape index (κ3) is 3.55. The number of nitro benzene ring substituents is 1. The van der Waals surface area contributed by atoms with Crippen molar-refractivity contribution in [2.45, 2.75) is 11.3 Å². The minimum Gasteiger partial charge on any atom is -0.258 e. The van der Waals surface area contributed by atoms with Gasteiger partial charge in [0.05, 0.1) is 9.82 Å². The molecule has 0 saturated carbocycles. The summed E-state index contributed by atoms with van der Waals surface area (Å²) in [6.07, 6.45) is 0.815. The summed E-state index contributed by atoms with van der Waals surface area (Å²) in [6.45, 7) is 0. The molecule has 0 bridgehead atoms. The van der Waals surface area contributed by atoms with Gasteiger partial charge in [-0.1, -0.05) is 17.7 Å². The second kappa shape index (κ2) is 6.20. The van der Waals surface area contributed by atoms with Crippen LogP contribution in [0.15, 0.2) is 23.1 Å². The highest BCUT2D eigenvalue weighted by Crippen LogP contribution is 2.35. The average molecular weight is 266 g/mol. The van der Waals surface area contributed by atoms with Crippen molar-refractivity contribution >= 4 is 40.7 Å². The molecule has 0 aromatic heterocycles. The number of nitrogens with zero attached hydrogens (tertiary/aromatic N) is 1. The van der Waals surface area contributed by atoms with Crippen molar-refractivity contribution in [3.8, 4) is 0 Å². The molecular formula is C9H9Cl2NO2S. The summed E-state index contributed by atoms with van der Waals surface area (Å²) in [5.41, 5.74) is -0.0151. The van der Waals surface area contributed by atoms with Gasteiger partial charge in [-0.3, -0.25) is 10.1 Å². The molecule has 0 unspecified atom stereocenters. The van der Waals surface area contributed by atoms with E-state index in [1.165, 1.54) is 17.8 Å². The van der Waals surface area contributed by atoms with Crippen LogP contribution in [0.4, 0.5) is 5.69 Å². The average Bonchev–Trinajstić information content (AvgIpc) is 2.17. The summed E-state index contributed by atoms with van der Waals surface area (Å²) in [5.74, 6) is 1.31. The lowest BCUT2D eigenvalue weighted by molar-refractivity contribution is -0.387. The third-order valence-electron chi connectivity index (χ3n) is 1.67. The van der Waals surface area contributed by atoms with E-state index in [4.69, 9.17) is 23.2 Å². The smallest absolute Gasteiger partial charge is 0.258 e. The summed E-state index contributed by atoms with van der Waals surface area (Å²) in [4.78, 5) is 10.9. The highest BCUT2D eigenvalue weighted by atomic mass is 35.5. The van der Waals surface area contributed by atoms with Gasteiger partial charge in [-0.05, 0) is 24.3 Å². The maximum atomic E-state index is 10.8. The van der Waals surface area contributed by atoms with Gasteiger partial charge < -0.3 is 0 Å². The molecule has 1 rings (SSSR count). The fraction of sp³-hybridized carbons (Fsp3) is 0.333. The quantitative estimate of drug-likeness (QED) is 0.266. The summed E-state index contributed by atoms with van der Waals surface area (Å²) in [5, 5.41) is 10.9. The Labute approximate surface area is 102 Å².